The Hall–Kier alpha value is -0.840. The van der Waals surface area contributed by atoms with E-state index in [2.05, 4.69) is 0 Å². The quantitative estimate of drug-likeness (QED) is 0.103. The predicted octanol–water partition coefficient (Wildman–Crippen LogP) is -9.75. The molecule has 0 aliphatic carbocycles. The molecule has 264 valence electrons. The van der Waals surface area contributed by atoms with E-state index in [1.54, 1.807) is 0 Å². The Morgan fingerprint density at radius 1 is 0.333 bits per heavy atom. The smallest absolute Gasteiger partial charge is 0.187 e. The lowest BCUT2D eigenvalue weighted by molar-refractivity contribution is -0.405. The molecule has 1 unspecified atom stereocenters. The van der Waals surface area contributed by atoms with Crippen molar-refractivity contribution < 1.29 is 105 Å². The van der Waals surface area contributed by atoms with Crippen LogP contribution in [0.2, 0.25) is 0 Å². The molecule has 0 saturated carbocycles. The summed E-state index contributed by atoms with van der Waals surface area (Å²) in [5.41, 5.74) is 0. The zero-order valence-electron chi connectivity index (χ0n) is 23.5. The maximum atomic E-state index is 11.0. The molecule has 20 atom stereocenters. The minimum absolute atomic E-state index is 0.791. The van der Waals surface area contributed by atoms with Crippen molar-refractivity contribution in [1.82, 2.24) is 0 Å². The zero-order valence-corrected chi connectivity index (χ0v) is 23.5. The Labute approximate surface area is 254 Å². The first kappa shape index (κ1) is 37.0. The summed E-state index contributed by atoms with van der Waals surface area (Å²) in [4.78, 5) is 0. The molecule has 4 aliphatic heterocycles. The van der Waals surface area contributed by atoms with Gasteiger partial charge < -0.3 is 105 Å². The molecule has 4 aliphatic rings. The number of hydrogen-bond acceptors (Lipinski definition) is 21. The summed E-state index contributed by atoms with van der Waals surface area (Å²) in [5, 5.41) is 143. The van der Waals surface area contributed by atoms with Gasteiger partial charge in [-0.2, -0.15) is 0 Å². The second-order valence-electron chi connectivity index (χ2n) is 11.1. The number of rotatable bonds is 10. The van der Waals surface area contributed by atoms with E-state index in [0.717, 1.165) is 0 Å². The lowest BCUT2D eigenvalue weighted by Gasteiger charge is -2.49. The van der Waals surface area contributed by atoms with Crippen molar-refractivity contribution in [1.29, 1.82) is 0 Å². The van der Waals surface area contributed by atoms with Crippen LogP contribution in [0.15, 0.2) is 0 Å². The van der Waals surface area contributed by atoms with E-state index < -0.39 is 149 Å². The van der Waals surface area contributed by atoms with Crippen molar-refractivity contribution in [3.8, 4) is 0 Å². The van der Waals surface area contributed by atoms with Crippen LogP contribution in [0.3, 0.4) is 0 Å². The van der Waals surface area contributed by atoms with Crippen LogP contribution in [-0.2, 0) is 33.2 Å². The highest BCUT2D eigenvalue weighted by Gasteiger charge is 2.55. The molecule has 0 amide bonds. The van der Waals surface area contributed by atoms with Gasteiger partial charge in [0.2, 0.25) is 0 Å². The summed E-state index contributed by atoms with van der Waals surface area (Å²) in [7, 11) is 0. The Morgan fingerprint density at radius 2 is 0.644 bits per heavy atom. The first-order valence-corrected chi connectivity index (χ1v) is 14.1. The monoisotopic (exact) mass is 666 g/mol. The predicted molar refractivity (Wildman–Crippen MR) is 134 cm³/mol. The van der Waals surface area contributed by atoms with Gasteiger partial charge in [0.25, 0.3) is 0 Å². The topological polar surface area (TPSA) is 348 Å². The van der Waals surface area contributed by atoms with Crippen molar-refractivity contribution in [2.75, 3.05) is 26.4 Å². The summed E-state index contributed by atoms with van der Waals surface area (Å²) in [6.45, 7) is -3.41. The molecule has 0 radical (unpaired) electrons. The maximum Gasteiger partial charge on any atom is 0.187 e. The molecule has 0 bridgehead atoms. The summed E-state index contributed by atoms with van der Waals surface area (Å²) in [5.74, 6) is 0. The fourth-order valence-corrected chi connectivity index (χ4v) is 5.48. The molecule has 4 fully saturated rings. The maximum absolute atomic E-state index is 11.0. The van der Waals surface area contributed by atoms with E-state index in [4.69, 9.17) is 33.2 Å². The number of hydrogen-bond donors (Lipinski definition) is 14. The highest BCUT2D eigenvalue weighted by molar-refractivity contribution is 4.97. The van der Waals surface area contributed by atoms with E-state index in [1.807, 2.05) is 0 Å². The van der Waals surface area contributed by atoms with Crippen molar-refractivity contribution in [2.24, 2.45) is 0 Å². The molecule has 21 nitrogen and oxygen atoms in total. The van der Waals surface area contributed by atoms with Crippen LogP contribution in [0.4, 0.5) is 0 Å². The first-order chi connectivity index (χ1) is 21.3. The molecule has 21 heteroatoms. The van der Waals surface area contributed by atoms with Crippen LogP contribution < -0.4 is 0 Å². The van der Waals surface area contributed by atoms with Gasteiger partial charge in [0.05, 0.1) is 26.4 Å². The third kappa shape index (κ3) is 7.44. The highest BCUT2D eigenvalue weighted by atomic mass is 16.8. The zero-order chi connectivity index (χ0) is 33.3. The average Bonchev–Trinajstić information content (AvgIpc) is 3.03. The van der Waals surface area contributed by atoms with Crippen LogP contribution in [0, 0.1) is 0 Å². The largest absolute Gasteiger partial charge is 0.394 e. The molecule has 4 saturated heterocycles. The number of aliphatic hydroxyl groups excluding tert-OH is 14. The van der Waals surface area contributed by atoms with Gasteiger partial charge >= 0.3 is 0 Å². The lowest BCUT2D eigenvalue weighted by Crippen LogP contribution is -2.68. The summed E-state index contributed by atoms with van der Waals surface area (Å²) < 4.78 is 38.3. The number of aliphatic hydroxyl groups is 14. The van der Waals surface area contributed by atoms with Crippen molar-refractivity contribution in [3.63, 3.8) is 0 Å². The van der Waals surface area contributed by atoms with E-state index >= 15 is 0 Å². The third-order valence-corrected chi connectivity index (χ3v) is 8.21. The van der Waals surface area contributed by atoms with Crippen LogP contribution >= 0.6 is 0 Å². The second kappa shape index (κ2) is 15.6. The first-order valence-electron chi connectivity index (χ1n) is 14.1. The second-order valence-corrected chi connectivity index (χ2v) is 11.1. The Balaban J connectivity index is 1.61. The Bertz CT molecular complexity index is 916. The van der Waals surface area contributed by atoms with Gasteiger partial charge in [0, 0.05) is 0 Å². The molecule has 0 aromatic rings. The Morgan fingerprint density at radius 3 is 1.07 bits per heavy atom. The normalized spacial score (nSPS) is 52.9. The van der Waals surface area contributed by atoms with Gasteiger partial charge in [0.15, 0.2) is 25.2 Å². The summed E-state index contributed by atoms with van der Waals surface area (Å²) in [6.07, 6.45) is -36.6. The Kier molecular flexibility index (Phi) is 12.8. The van der Waals surface area contributed by atoms with E-state index in [-0.39, 0.29) is 0 Å². The molecular weight excluding hydrogens is 624 g/mol. The van der Waals surface area contributed by atoms with E-state index in [9.17, 15) is 71.5 Å². The summed E-state index contributed by atoms with van der Waals surface area (Å²) >= 11 is 0. The van der Waals surface area contributed by atoms with Gasteiger partial charge in [-0.05, 0) is 0 Å². The molecule has 4 heterocycles. The van der Waals surface area contributed by atoms with E-state index in [1.165, 1.54) is 0 Å². The van der Waals surface area contributed by atoms with Gasteiger partial charge in [-0.1, -0.05) is 0 Å². The minimum atomic E-state index is -2.03. The molecule has 45 heavy (non-hydrogen) atoms. The van der Waals surface area contributed by atoms with Crippen LogP contribution in [0.25, 0.3) is 0 Å². The van der Waals surface area contributed by atoms with Crippen LogP contribution in [-0.4, -0.2) is 221 Å². The molecular formula is C24H42O21. The minimum Gasteiger partial charge on any atom is -0.394 e. The third-order valence-electron chi connectivity index (χ3n) is 8.21. The summed E-state index contributed by atoms with van der Waals surface area (Å²) in [6, 6.07) is 0. The van der Waals surface area contributed by atoms with Crippen molar-refractivity contribution in [2.45, 2.75) is 123 Å². The molecule has 0 spiro atoms. The van der Waals surface area contributed by atoms with Gasteiger partial charge in [0.1, 0.15) is 97.7 Å². The van der Waals surface area contributed by atoms with Gasteiger partial charge in [-0.25, -0.2) is 0 Å². The highest BCUT2D eigenvalue weighted by Crippen LogP contribution is 2.34. The molecule has 4 rings (SSSR count). The average molecular weight is 667 g/mol. The van der Waals surface area contributed by atoms with Crippen LogP contribution in [0.1, 0.15) is 0 Å². The van der Waals surface area contributed by atoms with Gasteiger partial charge in [-0.3, -0.25) is 0 Å². The molecule has 0 aromatic heterocycles. The van der Waals surface area contributed by atoms with Crippen LogP contribution in [0.5, 0.6) is 0 Å². The molecule has 14 N–H and O–H groups in total. The molecule has 0 aromatic carbocycles. The standard InChI is InChI=1S/C24H42O21/c25-1-5-10(30)14(34)18(21(38)39-5)43-23-20(16(36)12(32)7(3-27)41-23)45-24-19(15(35)11(31)8(4-28)42-24)44-22-17(37)13(33)9(29)6(2-26)40-22/h5-38H,1-4H2/t5-,6-,7-,8-,9-,10-,11-,12-,13+,14+,15+,16+,17-,18-,19-,20-,21?,22+,23+,24+/m1/s1. The SMILES string of the molecule is OC[C@H]1O[C@@H](O[C@H]2[C@H](O[C@H]3[C@H](O[C@H]4C(O)O[C@H](CO)[C@@H](O)[C@@H]4O)O[C@H](CO)[C@@H](O)[C@@H]3O)O[C@H](CO)[C@@H](O)[C@@H]2O)[C@H](O)[C@@H](O)[C@@H]1O. The fraction of sp³-hybridized carbons (Fsp3) is 1.00. The van der Waals surface area contributed by atoms with Crippen molar-refractivity contribution >= 4 is 0 Å². The fourth-order valence-electron chi connectivity index (χ4n) is 5.48. The van der Waals surface area contributed by atoms with Crippen molar-refractivity contribution in [3.05, 3.63) is 0 Å². The number of ether oxygens (including phenoxy) is 7. The van der Waals surface area contributed by atoms with E-state index in [0.29, 0.717) is 0 Å². The van der Waals surface area contributed by atoms with Gasteiger partial charge in [-0.15, -0.1) is 0 Å². The lowest BCUT2D eigenvalue weighted by atomic mass is 9.96.